The van der Waals surface area contributed by atoms with Gasteiger partial charge in [-0.05, 0) is 30.2 Å². The van der Waals surface area contributed by atoms with E-state index in [9.17, 15) is 4.39 Å². The van der Waals surface area contributed by atoms with Crippen LogP contribution in [0.25, 0.3) is 0 Å². The predicted molar refractivity (Wildman–Crippen MR) is 53.1 cm³/mol. The van der Waals surface area contributed by atoms with Crippen LogP contribution in [0.5, 0.6) is 5.75 Å². The second-order valence-corrected chi connectivity index (χ2v) is 2.95. The van der Waals surface area contributed by atoms with E-state index < -0.39 is 0 Å². The van der Waals surface area contributed by atoms with E-state index >= 15 is 0 Å². The summed E-state index contributed by atoms with van der Waals surface area (Å²) in [6.45, 7) is 3.01. The zero-order valence-electron chi connectivity index (χ0n) is 8.55. The maximum Gasteiger partial charge on any atom is 0.123 e. The molecule has 0 aliphatic rings. The number of halogens is 1. The molecule has 0 amide bonds. The van der Waals surface area contributed by atoms with Crippen molar-refractivity contribution in [3.05, 3.63) is 29.6 Å². The van der Waals surface area contributed by atoms with Gasteiger partial charge in [0.1, 0.15) is 18.2 Å². The quantitative estimate of drug-likeness (QED) is 0.676. The Kier molecular flexibility index (Phi) is 4.40. The van der Waals surface area contributed by atoms with E-state index in [0.717, 1.165) is 17.7 Å². The number of hydrogen-bond acceptors (Lipinski definition) is 2. The third-order valence-electron chi connectivity index (χ3n) is 1.95. The number of benzene rings is 1. The molecule has 2 nitrogen and oxygen atoms in total. The molecule has 0 bridgehead atoms. The van der Waals surface area contributed by atoms with Gasteiger partial charge in [0.15, 0.2) is 0 Å². The van der Waals surface area contributed by atoms with E-state index in [1.54, 1.807) is 13.2 Å². The monoisotopic (exact) mass is 198 g/mol. The van der Waals surface area contributed by atoms with Gasteiger partial charge in [0.25, 0.3) is 0 Å². The van der Waals surface area contributed by atoms with Crippen LogP contribution in [-0.4, -0.2) is 20.3 Å². The van der Waals surface area contributed by atoms with Gasteiger partial charge in [0, 0.05) is 7.11 Å². The Morgan fingerprint density at radius 3 is 2.71 bits per heavy atom. The summed E-state index contributed by atoms with van der Waals surface area (Å²) in [5, 5.41) is 0. The maximum atomic E-state index is 12.8. The third kappa shape index (κ3) is 3.00. The molecule has 78 valence electrons. The zero-order chi connectivity index (χ0) is 10.4. The van der Waals surface area contributed by atoms with E-state index in [2.05, 4.69) is 0 Å². The molecule has 0 aliphatic heterocycles. The van der Waals surface area contributed by atoms with Crippen molar-refractivity contribution in [2.24, 2.45) is 0 Å². The van der Waals surface area contributed by atoms with Gasteiger partial charge in [-0.25, -0.2) is 4.39 Å². The predicted octanol–water partition coefficient (Wildman–Crippen LogP) is 2.41. The normalized spacial score (nSPS) is 10.2. The van der Waals surface area contributed by atoms with Crippen molar-refractivity contribution in [1.82, 2.24) is 0 Å². The highest BCUT2D eigenvalue weighted by atomic mass is 19.1. The molecule has 0 N–H and O–H groups in total. The molecule has 14 heavy (non-hydrogen) atoms. The standard InChI is InChI=1S/C11H15FO2/c1-3-9-8-10(12)4-5-11(9)14-7-6-13-2/h4-5,8H,3,6-7H2,1-2H3. The summed E-state index contributed by atoms with van der Waals surface area (Å²) in [7, 11) is 1.62. The summed E-state index contributed by atoms with van der Waals surface area (Å²) in [6.07, 6.45) is 0.764. The van der Waals surface area contributed by atoms with Crippen LogP contribution in [0.15, 0.2) is 18.2 Å². The van der Waals surface area contributed by atoms with Gasteiger partial charge >= 0.3 is 0 Å². The highest BCUT2D eigenvalue weighted by molar-refractivity contribution is 5.33. The lowest BCUT2D eigenvalue weighted by atomic mass is 10.1. The Bertz CT molecular complexity index is 287. The number of methoxy groups -OCH3 is 1. The Morgan fingerprint density at radius 1 is 1.29 bits per heavy atom. The average molecular weight is 198 g/mol. The summed E-state index contributed by atoms with van der Waals surface area (Å²) in [5.74, 6) is 0.520. The number of aryl methyl sites for hydroxylation is 1. The minimum absolute atomic E-state index is 0.221. The third-order valence-corrected chi connectivity index (χ3v) is 1.95. The second kappa shape index (κ2) is 5.60. The van der Waals surface area contributed by atoms with E-state index in [-0.39, 0.29) is 5.82 Å². The van der Waals surface area contributed by atoms with Crippen LogP contribution in [-0.2, 0) is 11.2 Å². The van der Waals surface area contributed by atoms with Crippen LogP contribution in [0.1, 0.15) is 12.5 Å². The van der Waals surface area contributed by atoms with E-state index in [4.69, 9.17) is 9.47 Å². The molecule has 0 saturated carbocycles. The lowest BCUT2D eigenvalue weighted by molar-refractivity contribution is 0.145. The van der Waals surface area contributed by atoms with Crippen molar-refractivity contribution in [2.45, 2.75) is 13.3 Å². The Labute approximate surface area is 83.6 Å². The highest BCUT2D eigenvalue weighted by Crippen LogP contribution is 2.19. The van der Waals surface area contributed by atoms with Crippen molar-refractivity contribution >= 4 is 0 Å². The first kappa shape index (κ1) is 11.0. The lowest BCUT2D eigenvalue weighted by Crippen LogP contribution is -2.05. The molecule has 0 fully saturated rings. The van der Waals surface area contributed by atoms with E-state index in [1.165, 1.54) is 12.1 Å². The van der Waals surface area contributed by atoms with Crippen LogP contribution >= 0.6 is 0 Å². The molecule has 1 rings (SSSR count). The summed E-state index contributed by atoms with van der Waals surface area (Å²) in [4.78, 5) is 0. The summed E-state index contributed by atoms with van der Waals surface area (Å²) < 4.78 is 23.1. The van der Waals surface area contributed by atoms with Crippen LogP contribution < -0.4 is 4.74 Å². The van der Waals surface area contributed by atoms with Crippen LogP contribution in [0, 0.1) is 5.82 Å². The van der Waals surface area contributed by atoms with E-state index in [1.807, 2.05) is 6.92 Å². The van der Waals surface area contributed by atoms with Crippen LogP contribution in [0.4, 0.5) is 4.39 Å². The Morgan fingerprint density at radius 2 is 2.07 bits per heavy atom. The largest absolute Gasteiger partial charge is 0.491 e. The van der Waals surface area contributed by atoms with Crippen molar-refractivity contribution in [3.63, 3.8) is 0 Å². The fourth-order valence-corrected chi connectivity index (χ4v) is 1.20. The molecular weight excluding hydrogens is 183 g/mol. The SMILES string of the molecule is CCc1cc(F)ccc1OCCOC. The van der Waals surface area contributed by atoms with Crippen molar-refractivity contribution in [2.75, 3.05) is 20.3 Å². The molecule has 0 saturated heterocycles. The second-order valence-electron chi connectivity index (χ2n) is 2.95. The molecule has 0 aromatic heterocycles. The molecule has 3 heteroatoms. The van der Waals surface area contributed by atoms with Crippen molar-refractivity contribution in [1.29, 1.82) is 0 Å². The van der Waals surface area contributed by atoms with Crippen molar-refractivity contribution in [3.8, 4) is 5.75 Å². The molecule has 1 aromatic rings. The zero-order valence-corrected chi connectivity index (χ0v) is 8.55. The number of hydrogen-bond donors (Lipinski definition) is 0. The van der Waals surface area contributed by atoms with Gasteiger partial charge in [0.2, 0.25) is 0 Å². The van der Waals surface area contributed by atoms with E-state index in [0.29, 0.717) is 13.2 Å². The molecule has 0 atom stereocenters. The van der Waals surface area contributed by atoms with Crippen LogP contribution in [0.2, 0.25) is 0 Å². The van der Waals surface area contributed by atoms with Gasteiger partial charge in [-0.15, -0.1) is 0 Å². The molecule has 0 aliphatic carbocycles. The fourth-order valence-electron chi connectivity index (χ4n) is 1.20. The van der Waals surface area contributed by atoms with Crippen molar-refractivity contribution < 1.29 is 13.9 Å². The minimum Gasteiger partial charge on any atom is -0.491 e. The van der Waals surface area contributed by atoms with Gasteiger partial charge in [0.05, 0.1) is 6.61 Å². The van der Waals surface area contributed by atoms with Gasteiger partial charge < -0.3 is 9.47 Å². The highest BCUT2D eigenvalue weighted by Gasteiger charge is 2.02. The minimum atomic E-state index is -0.221. The van der Waals surface area contributed by atoms with Gasteiger partial charge in [-0.2, -0.15) is 0 Å². The van der Waals surface area contributed by atoms with Crippen LogP contribution in [0.3, 0.4) is 0 Å². The summed E-state index contributed by atoms with van der Waals surface area (Å²) >= 11 is 0. The van der Waals surface area contributed by atoms with Gasteiger partial charge in [-0.1, -0.05) is 6.92 Å². The molecular formula is C11H15FO2. The molecule has 0 radical (unpaired) electrons. The smallest absolute Gasteiger partial charge is 0.123 e. The lowest BCUT2D eigenvalue weighted by Gasteiger charge is -2.09. The Hall–Kier alpha value is -1.09. The molecule has 0 heterocycles. The fraction of sp³-hybridized carbons (Fsp3) is 0.455. The first-order valence-electron chi connectivity index (χ1n) is 4.68. The molecule has 0 unspecified atom stereocenters. The maximum absolute atomic E-state index is 12.8. The number of ether oxygens (including phenoxy) is 2. The first-order valence-corrected chi connectivity index (χ1v) is 4.68. The molecule has 1 aromatic carbocycles. The Balaban J connectivity index is 2.65. The summed E-state index contributed by atoms with van der Waals surface area (Å²) in [5.41, 5.74) is 0.890. The topological polar surface area (TPSA) is 18.5 Å². The number of rotatable bonds is 5. The van der Waals surface area contributed by atoms with Gasteiger partial charge in [-0.3, -0.25) is 0 Å². The first-order chi connectivity index (χ1) is 6.77. The average Bonchev–Trinajstić information content (AvgIpc) is 2.20. The summed E-state index contributed by atoms with van der Waals surface area (Å²) in [6, 6.07) is 4.56. The molecule has 0 spiro atoms.